The SMILES string of the molecule is CN=C(NCc1ccc(Cl)cc1Cl)NC(C)CCS(C)(=O)=O. The second-order valence-corrected chi connectivity index (χ2v) is 8.23. The summed E-state index contributed by atoms with van der Waals surface area (Å²) < 4.78 is 22.3. The third-order valence-electron chi connectivity index (χ3n) is 2.99. The molecule has 1 rings (SSSR count). The van der Waals surface area contributed by atoms with Crippen LogP contribution < -0.4 is 10.6 Å². The van der Waals surface area contributed by atoms with E-state index in [1.165, 1.54) is 6.26 Å². The predicted molar refractivity (Wildman–Crippen MR) is 93.6 cm³/mol. The summed E-state index contributed by atoms with van der Waals surface area (Å²) >= 11 is 12.0. The molecule has 2 N–H and O–H groups in total. The summed E-state index contributed by atoms with van der Waals surface area (Å²) in [6, 6.07) is 5.29. The Morgan fingerprint density at radius 1 is 1.36 bits per heavy atom. The average Bonchev–Trinajstić information content (AvgIpc) is 2.42. The van der Waals surface area contributed by atoms with Gasteiger partial charge in [-0.15, -0.1) is 0 Å². The molecule has 0 bridgehead atoms. The van der Waals surface area contributed by atoms with Gasteiger partial charge in [-0.3, -0.25) is 4.99 Å². The van der Waals surface area contributed by atoms with E-state index in [0.717, 1.165) is 5.56 Å². The smallest absolute Gasteiger partial charge is 0.191 e. The zero-order chi connectivity index (χ0) is 16.8. The van der Waals surface area contributed by atoms with Crippen LogP contribution in [0.5, 0.6) is 0 Å². The average molecular weight is 366 g/mol. The fourth-order valence-corrected chi connectivity index (χ4v) is 2.99. The van der Waals surface area contributed by atoms with Gasteiger partial charge in [0.05, 0.1) is 5.75 Å². The standard InChI is InChI=1S/C14H21Cl2N3O2S/c1-10(6-7-22(3,20)21)19-14(17-2)18-9-11-4-5-12(15)8-13(11)16/h4-5,8,10H,6-7,9H2,1-3H3,(H2,17,18,19). The number of hydrogen-bond donors (Lipinski definition) is 2. The first-order chi connectivity index (χ1) is 10.2. The van der Waals surface area contributed by atoms with Gasteiger partial charge in [0.1, 0.15) is 9.84 Å². The lowest BCUT2D eigenvalue weighted by Gasteiger charge is -2.18. The van der Waals surface area contributed by atoms with E-state index in [1.807, 2.05) is 13.0 Å². The minimum absolute atomic E-state index is 0.0124. The molecule has 0 aliphatic heterocycles. The molecule has 0 saturated heterocycles. The topological polar surface area (TPSA) is 70.6 Å². The van der Waals surface area contributed by atoms with E-state index in [2.05, 4.69) is 15.6 Å². The third kappa shape index (κ3) is 7.33. The van der Waals surface area contributed by atoms with Gasteiger partial charge in [-0.25, -0.2) is 8.42 Å². The van der Waals surface area contributed by atoms with E-state index >= 15 is 0 Å². The first-order valence-corrected chi connectivity index (χ1v) is 9.61. The summed E-state index contributed by atoms with van der Waals surface area (Å²) in [5.41, 5.74) is 0.901. The van der Waals surface area contributed by atoms with E-state index in [4.69, 9.17) is 23.2 Å². The van der Waals surface area contributed by atoms with E-state index in [0.29, 0.717) is 29.0 Å². The quantitative estimate of drug-likeness (QED) is 0.600. The van der Waals surface area contributed by atoms with Gasteiger partial charge in [0.15, 0.2) is 5.96 Å². The zero-order valence-electron chi connectivity index (χ0n) is 12.9. The highest BCUT2D eigenvalue weighted by atomic mass is 35.5. The summed E-state index contributed by atoms with van der Waals surface area (Å²) in [6.45, 7) is 2.40. The van der Waals surface area contributed by atoms with E-state index < -0.39 is 9.84 Å². The van der Waals surface area contributed by atoms with Crippen LogP contribution in [0.2, 0.25) is 10.0 Å². The van der Waals surface area contributed by atoms with Crippen LogP contribution >= 0.6 is 23.2 Å². The van der Waals surface area contributed by atoms with Crippen molar-refractivity contribution >= 4 is 39.0 Å². The Bertz CT molecular complexity index is 633. The molecule has 0 heterocycles. The molecule has 5 nitrogen and oxygen atoms in total. The Labute approximate surface area is 142 Å². The molecule has 0 aliphatic carbocycles. The van der Waals surface area contributed by atoms with Crippen molar-refractivity contribution < 1.29 is 8.42 Å². The molecular formula is C14H21Cl2N3O2S. The fourth-order valence-electron chi connectivity index (χ4n) is 1.74. The molecule has 8 heteroatoms. The van der Waals surface area contributed by atoms with Gasteiger partial charge in [-0.1, -0.05) is 29.3 Å². The fraction of sp³-hybridized carbons (Fsp3) is 0.500. The molecule has 1 aromatic carbocycles. The van der Waals surface area contributed by atoms with Crippen LogP contribution in [0.3, 0.4) is 0 Å². The van der Waals surface area contributed by atoms with Crippen LogP contribution in [0.1, 0.15) is 18.9 Å². The van der Waals surface area contributed by atoms with Gasteiger partial charge < -0.3 is 10.6 Å². The lowest BCUT2D eigenvalue weighted by molar-refractivity contribution is 0.581. The maximum Gasteiger partial charge on any atom is 0.191 e. The van der Waals surface area contributed by atoms with Crippen molar-refractivity contribution in [1.82, 2.24) is 10.6 Å². The number of benzene rings is 1. The number of hydrogen-bond acceptors (Lipinski definition) is 3. The van der Waals surface area contributed by atoms with Crippen LogP contribution in [0.25, 0.3) is 0 Å². The molecule has 1 aromatic rings. The Hall–Kier alpha value is -0.980. The minimum Gasteiger partial charge on any atom is -0.354 e. The maximum absolute atomic E-state index is 11.2. The van der Waals surface area contributed by atoms with Crippen molar-refractivity contribution in [2.75, 3.05) is 19.1 Å². The minimum atomic E-state index is -2.96. The van der Waals surface area contributed by atoms with Crippen molar-refractivity contribution in [2.24, 2.45) is 4.99 Å². The first-order valence-electron chi connectivity index (χ1n) is 6.80. The molecule has 0 saturated carbocycles. The molecule has 0 aromatic heterocycles. The Morgan fingerprint density at radius 3 is 2.59 bits per heavy atom. The van der Waals surface area contributed by atoms with E-state index in [9.17, 15) is 8.42 Å². The van der Waals surface area contributed by atoms with Crippen molar-refractivity contribution in [3.63, 3.8) is 0 Å². The number of sulfone groups is 1. The summed E-state index contributed by atoms with van der Waals surface area (Å²) in [7, 11) is -1.30. The molecule has 1 atom stereocenters. The highest BCUT2D eigenvalue weighted by Crippen LogP contribution is 2.20. The molecule has 0 aliphatic rings. The number of halogens is 2. The molecule has 22 heavy (non-hydrogen) atoms. The normalized spacial score (nSPS) is 13.8. The van der Waals surface area contributed by atoms with Gasteiger partial charge >= 0.3 is 0 Å². The second kappa shape index (κ2) is 8.60. The van der Waals surface area contributed by atoms with Crippen molar-refractivity contribution in [2.45, 2.75) is 25.9 Å². The molecule has 124 valence electrons. The van der Waals surface area contributed by atoms with Crippen LogP contribution in [-0.4, -0.2) is 39.5 Å². The van der Waals surface area contributed by atoms with Gasteiger partial charge in [-0.05, 0) is 31.0 Å². The lowest BCUT2D eigenvalue weighted by atomic mass is 10.2. The van der Waals surface area contributed by atoms with Gasteiger partial charge in [0, 0.05) is 35.9 Å². The summed E-state index contributed by atoms with van der Waals surface area (Å²) in [5.74, 6) is 0.730. The summed E-state index contributed by atoms with van der Waals surface area (Å²) in [6.07, 6.45) is 1.75. The highest BCUT2D eigenvalue weighted by molar-refractivity contribution is 7.90. The van der Waals surface area contributed by atoms with Crippen LogP contribution in [0, 0.1) is 0 Å². The molecular weight excluding hydrogens is 345 g/mol. The van der Waals surface area contributed by atoms with Gasteiger partial charge in [-0.2, -0.15) is 0 Å². The van der Waals surface area contributed by atoms with E-state index in [1.54, 1.807) is 19.2 Å². The number of aliphatic imine (C=N–C) groups is 1. The molecule has 0 spiro atoms. The zero-order valence-corrected chi connectivity index (χ0v) is 15.2. The van der Waals surface area contributed by atoms with Crippen molar-refractivity contribution in [1.29, 1.82) is 0 Å². The van der Waals surface area contributed by atoms with Gasteiger partial charge in [0.25, 0.3) is 0 Å². The second-order valence-electron chi connectivity index (χ2n) is 5.13. The molecule has 0 fully saturated rings. The summed E-state index contributed by atoms with van der Waals surface area (Å²) in [5, 5.41) is 7.45. The van der Waals surface area contributed by atoms with Crippen molar-refractivity contribution in [3.8, 4) is 0 Å². The lowest BCUT2D eigenvalue weighted by Crippen LogP contribution is -2.42. The largest absolute Gasteiger partial charge is 0.354 e. The predicted octanol–water partition coefficient (Wildman–Crippen LogP) is 2.48. The Kier molecular flexibility index (Phi) is 7.45. The Balaban J connectivity index is 2.52. The number of guanidine groups is 1. The first kappa shape index (κ1) is 19.1. The maximum atomic E-state index is 11.2. The van der Waals surface area contributed by atoms with Crippen LogP contribution in [0.15, 0.2) is 23.2 Å². The molecule has 0 radical (unpaired) electrons. The number of nitrogens with one attached hydrogen (secondary N) is 2. The van der Waals surface area contributed by atoms with Crippen LogP contribution in [0.4, 0.5) is 0 Å². The third-order valence-corrected chi connectivity index (χ3v) is 4.55. The summed E-state index contributed by atoms with van der Waals surface area (Å²) in [4.78, 5) is 4.11. The van der Waals surface area contributed by atoms with Crippen LogP contribution in [-0.2, 0) is 16.4 Å². The molecule has 1 unspecified atom stereocenters. The number of rotatable bonds is 6. The Morgan fingerprint density at radius 2 is 2.05 bits per heavy atom. The molecule has 0 amide bonds. The highest BCUT2D eigenvalue weighted by Gasteiger charge is 2.10. The van der Waals surface area contributed by atoms with Gasteiger partial charge in [0.2, 0.25) is 0 Å². The number of nitrogens with zero attached hydrogens (tertiary/aromatic N) is 1. The van der Waals surface area contributed by atoms with Crippen molar-refractivity contribution in [3.05, 3.63) is 33.8 Å². The van der Waals surface area contributed by atoms with E-state index in [-0.39, 0.29) is 11.8 Å². The monoisotopic (exact) mass is 365 g/mol.